The summed E-state index contributed by atoms with van der Waals surface area (Å²) in [5, 5.41) is 20.9. The van der Waals surface area contributed by atoms with Crippen molar-refractivity contribution in [1.29, 1.82) is 0 Å². The highest BCUT2D eigenvalue weighted by molar-refractivity contribution is 6.10. The summed E-state index contributed by atoms with van der Waals surface area (Å²) in [7, 11) is 0. The van der Waals surface area contributed by atoms with Gasteiger partial charge < -0.3 is 5.32 Å². The number of anilines is 1. The van der Waals surface area contributed by atoms with E-state index in [9.17, 15) is 14.9 Å². The normalized spacial score (nSPS) is 12.3. The molecule has 0 unspecified atom stereocenters. The number of nitrogens with one attached hydrogen (secondary N) is 1. The largest absolute Gasteiger partial charge is 0.321 e. The first kappa shape index (κ1) is 19.9. The molecule has 0 fully saturated rings. The van der Waals surface area contributed by atoms with Gasteiger partial charge in [0.15, 0.2) is 0 Å². The van der Waals surface area contributed by atoms with Crippen LogP contribution in [0.4, 0.5) is 11.4 Å². The van der Waals surface area contributed by atoms with Crippen molar-refractivity contribution >= 4 is 28.1 Å². The highest BCUT2D eigenvalue weighted by Crippen LogP contribution is 2.35. The maximum Gasteiger partial charge on any atom is 0.312 e. The Kier molecular flexibility index (Phi) is 4.74. The number of hydrogen-bond acceptors (Lipinski definition) is 4. The van der Waals surface area contributed by atoms with Crippen LogP contribution in [-0.2, 0) is 19.4 Å². The second-order valence-electron chi connectivity index (χ2n) is 8.20. The van der Waals surface area contributed by atoms with Crippen LogP contribution in [0.1, 0.15) is 38.4 Å². The SMILES string of the molecule is Cc1nn(Cc2ccc(C(=O)Nc3ccc4c5c(cccc35)CC4)cc2)c(C)c1[N+](=O)[O-]. The Balaban J connectivity index is 1.35. The van der Waals surface area contributed by atoms with Crippen LogP contribution >= 0.6 is 0 Å². The van der Waals surface area contributed by atoms with E-state index in [1.165, 1.54) is 16.5 Å². The Morgan fingerprint density at radius 1 is 1.06 bits per heavy atom. The summed E-state index contributed by atoms with van der Waals surface area (Å²) in [6.45, 7) is 3.73. The lowest BCUT2D eigenvalue weighted by Crippen LogP contribution is -2.12. The van der Waals surface area contributed by atoms with Crippen LogP contribution in [0.15, 0.2) is 54.6 Å². The highest BCUT2D eigenvalue weighted by atomic mass is 16.6. The maximum absolute atomic E-state index is 12.9. The van der Waals surface area contributed by atoms with Gasteiger partial charge in [-0.05, 0) is 67.0 Å². The third kappa shape index (κ3) is 3.32. The van der Waals surface area contributed by atoms with Gasteiger partial charge in [0.25, 0.3) is 5.91 Å². The molecule has 7 nitrogen and oxygen atoms in total. The number of carbonyl (C=O) groups is 1. The summed E-state index contributed by atoms with van der Waals surface area (Å²) in [6.07, 6.45) is 2.09. The minimum absolute atomic E-state index is 0.0476. The molecule has 0 saturated carbocycles. The molecule has 1 aliphatic carbocycles. The monoisotopic (exact) mass is 426 g/mol. The van der Waals surface area contributed by atoms with Crippen LogP contribution < -0.4 is 5.32 Å². The Morgan fingerprint density at radius 2 is 1.78 bits per heavy atom. The fourth-order valence-electron chi connectivity index (χ4n) is 4.59. The van der Waals surface area contributed by atoms with Crippen molar-refractivity contribution in [3.05, 3.63) is 98.4 Å². The van der Waals surface area contributed by atoms with Crippen molar-refractivity contribution in [2.45, 2.75) is 33.2 Å². The number of benzene rings is 3. The lowest BCUT2D eigenvalue weighted by Gasteiger charge is -2.11. The molecule has 0 aliphatic heterocycles. The molecule has 0 bridgehead atoms. The van der Waals surface area contributed by atoms with Gasteiger partial charge in [0, 0.05) is 16.6 Å². The molecule has 0 spiro atoms. The molecule has 1 aromatic heterocycles. The van der Waals surface area contributed by atoms with Gasteiger partial charge in [0.2, 0.25) is 0 Å². The van der Waals surface area contributed by atoms with Gasteiger partial charge in [-0.2, -0.15) is 5.10 Å². The number of amides is 1. The first-order valence-electron chi connectivity index (χ1n) is 10.5. The van der Waals surface area contributed by atoms with Crippen LogP contribution in [-0.4, -0.2) is 20.6 Å². The smallest absolute Gasteiger partial charge is 0.312 e. The fourth-order valence-corrected chi connectivity index (χ4v) is 4.59. The molecule has 0 radical (unpaired) electrons. The highest BCUT2D eigenvalue weighted by Gasteiger charge is 2.22. The number of hydrogen-bond donors (Lipinski definition) is 1. The molecule has 7 heteroatoms. The zero-order chi connectivity index (χ0) is 22.4. The quantitative estimate of drug-likeness (QED) is 0.361. The number of aromatic nitrogens is 2. The minimum Gasteiger partial charge on any atom is -0.321 e. The van der Waals surface area contributed by atoms with Gasteiger partial charge >= 0.3 is 5.69 Å². The topological polar surface area (TPSA) is 90.1 Å². The van der Waals surface area contributed by atoms with E-state index < -0.39 is 4.92 Å². The molecule has 0 atom stereocenters. The molecule has 1 N–H and O–H groups in total. The summed E-state index contributed by atoms with van der Waals surface area (Å²) >= 11 is 0. The molecule has 5 rings (SSSR count). The standard InChI is InChI=1S/C25H22N4O3/c1-15-24(29(31)32)16(2)28(27-15)14-17-6-8-20(9-7-17)25(30)26-22-13-12-19-11-10-18-4-3-5-21(22)23(18)19/h3-9,12-13H,10-11,14H2,1-2H3,(H,26,30). The zero-order valence-corrected chi connectivity index (χ0v) is 17.9. The Morgan fingerprint density at radius 3 is 2.47 bits per heavy atom. The minimum atomic E-state index is -0.401. The number of carbonyl (C=O) groups excluding carboxylic acids is 1. The second-order valence-corrected chi connectivity index (χ2v) is 8.20. The Hall–Kier alpha value is -4.00. The van der Waals surface area contributed by atoms with E-state index in [4.69, 9.17) is 0 Å². The van der Waals surface area contributed by atoms with Crippen LogP contribution in [0, 0.1) is 24.0 Å². The van der Waals surface area contributed by atoms with Crippen LogP contribution in [0.5, 0.6) is 0 Å². The van der Waals surface area contributed by atoms with E-state index in [-0.39, 0.29) is 11.6 Å². The molecule has 1 amide bonds. The third-order valence-corrected chi connectivity index (χ3v) is 6.20. The van der Waals surface area contributed by atoms with Crippen molar-refractivity contribution in [3.63, 3.8) is 0 Å². The van der Waals surface area contributed by atoms with E-state index in [1.807, 2.05) is 24.3 Å². The number of aryl methyl sites for hydroxylation is 3. The molecule has 4 aromatic rings. The van der Waals surface area contributed by atoms with Crippen molar-refractivity contribution in [1.82, 2.24) is 9.78 Å². The summed E-state index contributed by atoms with van der Waals surface area (Å²) in [6, 6.07) is 17.6. The van der Waals surface area contributed by atoms with Crippen LogP contribution in [0.2, 0.25) is 0 Å². The third-order valence-electron chi connectivity index (χ3n) is 6.20. The van der Waals surface area contributed by atoms with E-state index in [2.05, 4.69) is 28.6 Å². The summed E-state index contributed by atoms with van der Waals surface area (Å²) in [5.74, 6) is -0.169. The van der Waals surface area contributed by atoms with Gasteiger partial charge in [-0.1, -0.05) is 36.4 Å². The predicted molar refractivity (Wildman–Crippen MR) is 123 cm³/mol. The number of nitro groups is 1. The number of rotatable bonds is 5. The lowest BCUT2D eigenvalue weighted by molar-refractivity contribution is -0.386. The lowest BCUT2D eigenvalue weighted by atomic mass is 10.0. The molecule has 32 heavy (non-hydrogen) atoms. The fraction of sp³-hybridized carbons (Fsp3) is 0.200. The maximum atomic E-state index is 12.9. The average Bonchev–Trinajstić information content (AvgIpc) is 3.32. The zero-order valence-electron chi connectivity index (χ0n) is 17.9. The van der Waals surface area contributed by atoms with Gasteiger partial charge in [-0.3, -0.25) is 19.6 Å². The first-order valence-corrected chi connectivity index (χ1v) is 10.5. The van der Waals surface area contributed by atoms with Crippen molar-refractivity contribution in [2.75, 3.05) is 5.32 Å². The molecule has 0 saturated heterocycles. The van der Waals surface area contributed by atoms with Crippen LogP contribution in [0.25, 0.3) is 10.8 Å². The van der Waals surface area contributed by atoms with Crippen LogP contribution in [0.3, 0.4) is 0 Å². The second kappa shape index (κ2) is 7.60. The van der Waals surface area contributed by atoms with Gasteiger partial charge in [0.05, 0.1) is 11.5 Å². The summed E-state index contributed by atoms with van der Waals surface area (Å²) in [5.41, 5.74) is 5.91. The molecular formula is C25H22N4O3. The number of nitrogens with zero attached hydrogens (tertiary/aromatic N) is 3. The molecule has 3 aromatic carbocycles. The first-order chi connectivity index (χ1) is 15.4. The molecular weight excluding hydrogens is 404 g/mol. The summed E-state index contributed by atoms with van der Waals surface area (Å²) < 4.78 is 1.62. The van der Waals surface area contributed by atoms with Gasteiger partial charge in [-0.15, -0.1) is 0 Å². The Bertz CT molecular complexity index is 1380. The van der Waals surface area contributed by atoms with Crippen molar-refractivity contribution < 1.29 is 9.72 Å². The predicted octanol–water partition coefficient (Wildman–Crippen LogP) is 4.96. The summed E-state index contributed by atoms with van der Waals surface area (Å²) in [4.78, 5) is 23.7. The Labute approximate surface area is 184 Å². The molecule has 1 heterocycles. The van der Waals surface area contributed by atoms with Crippen molar-refractivity contribution in [3.8, 4) is 0 Å². The van der Waals surface area contributed by atoms with E-state index in [1.54, 1.807) is 30.7 Å². The van der Waals surface area contributed by atoms with E-state index >= 15 is 0 Å². The van der Waals surface area contributed by atoms with E-state index in [0.717, 1.165) is 29.5 Å². The molecule has 1 aliphatic rings. The van der Waals surface area contributed by atoms with Gasteiger partial charge in [-0.25, -0.2) is 0 Å². The molecule has 160 valence electrons. The van der Waals surface area contributed by atoms with Gasteiger partial charge in [0.1, 0.15) is 11.4 Å². The van der Waals surface area contributed by atoms with E-state index in [0.29, 0.717) is 23.5 Å². The van der Waals surface area contributed by atoms with Crippen molar-refractivity contribution in [2.24, 2.45) is 0 Å². The average molecular weight is 426 g/mol.